The Morgan fingerprint density at radius 3 is 1.00 bits per heavy atom. The van der Waals surface area contributed by atoms with E-state index in [1.165, 1.54) is 0 Å². The van der Waals surface area contributed by atoms with Gasteiger partial charge in [0.1, 0.15) is 0 Å². The summed E-state index contributed by atoms with van der Waals surface area (Å²) in [5.74, 6) is 0. The fraction of sp³-hybridized carbons (Fsp3) is 0. The van der Waals surface area contributed by atoms with Crippen molar-refractivity contribution in [3.05, 3.63) is 0 Å². The minimum absolute atomic E-state index is 0. The van der Waals surface area contributed by atoms with Crippen molar-refractivity contribution < 1.29 is 46.4 Å². The first-order valence-corrected chi connectivity index (χ1v) is 3.50. The normalized spacial score (nSPS) is 2.80. The molecule has 5 heavy (non-hydrogen) atoms. The molecule has 0 saturated heterocycles. The van der Waals surface area contributed by atoms with E-state index >= 15 is 0 Å². The Labute approximate surface area is 60.8 Å². The van der Waals surface area contributed by atoms with Crippen LogP contribution in [0.25, 0.3) is 0 Å². The molecular weight excluding hydrogens is 232 g/mol. The second kappa shape index (κ2) is 16.2. The van der Waals surface area contributed by atoms with E-state index < -0.39 is 0 Å². The molecule has 0 unspecified atom stereocenters. The van der Waals surface area contributed by atoms with Crippen molar-refractivity contribution in [2.45, 2.75) is 0 Å². The van der Waals surface area contributed by atoms with Gasteiger partial charge in [0.05, 0.1) is 0 Å². The first-order valence-electron chi connectivity index (χ1n) is 0.283. The van der Waals surface area contributed by atoms with Crippen LogP contribution < -0.4 is 0 Å². The third-order valence-electron chi connectivity index (χ3n) is 0. The summed E-state index contributed by atoms with van der Waals surface area (Å²) < 4.78 is 0. The monoisotopic (exact) mass is 232 g/mol. The van der Waals surface area contributed by atoms with Gasteiger partial charge < -0.3 is 0 Å². The van der Waals surface area contributed by atoms with Crippen molar-refractivity contribution in [1.82, 2.24) is 0 Å². The van der Waals surface area contributed by atoms with E-state index in [0.29, 0.717) is 0 Å². The number of rotatable bonds is 0. The quantitative estimate of drug-likeness (QED) is 0.440. The van der Waals surface area contributed by atoms with E-state index in [-0.39, 0.29) is 34.1 Å². The van der Waals surface area contributed by atoms with Crippen molar-refractivity contribution in [2.24, 2.45) is 0 Å². The van der Waals surface area contributed by atoms with Gasteiger partial charge in [0.2, 0.25) is 0 Å². The summed E-state index contributed by atoms with van der Waals surface area (Å²) in [6.45, 7) is 0. The zero-order valence-electron chi connectivity index (χ0n) is 1.92. The van der Waals surface area contributed by atoms with Crippen LogP contribution in [-0.4, -0.2) is 0 Å². The predicted molar refractivity (Wildman–Crippen MR) is 13.8 cm³/mol. The molecule has 0 atom stereocenters. The summed E-state index contributed by atoms with van der Waals surface area (Å²) in [7, 11) is 7.18. The van der Waals surface area contributed by atoms with Crippen LogP contribution in [0.15, 0.2) is 0 Å². The molecule has 0 aromatic heterocycles. The van der Waals surface area contributed by atoms with Crippen molar-refractivity contribution in [3.8, 4) is 0 Å². The van der Waals surface area contributed by atoms with Crippen LogP contribution in [0.5, 0.6) is 0 Å². The van der Waals surface area contributed by atoms with Crippen molar-refractivity contribution in [2.75, 3.05) is 0 Å². The molecular formula is Fe2NiP2. The van der Waals surface area contributed by atoms with Crippen LogP contribution in [-0.2, 0) is 46.4 Å². The van der Waals surface area contributed by atoms with Gasteiger partial charge in [-0.15, -0.1) is 0 Å². The van der Waals surface area contributed by atoms with Gasteiger partial charge in [-0.1, -0.05) is 0 Å². The molecule has 0 nitrogen and oxygen atoms in total. The van der Waals surface area contributed by atoms with Crippen LogP contribution in [0.1, 0.15) is 0 Å². The molecule has 0 aliphatic heterocycles. The van der Waals surface area contributed by atoms with Gasteiger partial charge in [0.25, 0.3) is 0 Å². The second-order valence-electron chi connectivity index (χ2n) is 0.0632. The summed E-state index contributed by atoms with van der Waals surface area (Å²) in [5, 5.41) is 0. The summed E-state index contributed by atoms with van der Waals surface area (Å²) in [6, 6.07) is 0. The Morgan fingerprint density at radius 1 is 1.00 bits per heavy atom. The molecule has 0 aliphatic carbocycles. The fourth-order valence-corrected chi connectivity index (χ4v) is 0. The molecule has 0 saturated carbocycles. The molecule has 0 aromatic carbocycles. The Balaban J connectivity index is -0.0000000200. The summed E-state index contributed by atoms with van der Waals surface area (Å²) >= 11 is 1.01. The molecule has 0 aliphatic rings. The average molecular weight is 232 g/mol. The topological polar surface area (TPSA) is 0 Å². The summed E-state index contributed by atoms with van der Waals surface area (Å²) in [5.41, 5.74) is 0. The molecule has 5 heteroatoms. The van der Waals surface area contributed by atoms with Gasteiger partial charge in [0.15, 0.2) is 0 Å². The molecule has 0 amide bonds. The standard InChI is InChI=1S/2Fe.Ni.2P. The average Bonchev–Trinajstić information content (AvgIpc) is 0.918. The van der Waals surface area contributed by atoms with Crippen LogP contribution >= 0.6 is 14.7 Å². The Kier molecular flexibility index (Phi) is 50.6. The predicted octanol–water partition coefficient (Wildman–Crippen LogP) is 1.71. The maximum atomic E-state index is 3.59. The third kappa shape index (κ3) is 21.5. The maximum absolute atomic E-state index is 3.59. The number of hydrogen-bond acceptors (Lipinski definition) is 0. The first-order chi connectivity index (χ1) is 1.41. The SMILES string of the molecule is [Fe].[Fe].[P]#[Ni]#[P]. The van der Waals surface area contributed by atoms with E-state index in [9.17, 15) is 0 Å². The molecule has 0 fully saturated rings. The molecule has 0 bridgehead atoms. The van der Waals surface area contributed by atoms with E-state index in [1.54, 1.807) is 0 Å². The fourth-order valence-electron chi connectivity index (χ4n) is 0. The van der Waals surface area contributed by atoms with E-state index in [2.05, 4.69) is 14.7 Å². The molecule has 0 rings (SSSR count). The minimum atomic E-state index is 0. The molecule has 0 N–H and O–H groups in total. The zero-order valence-corrected chi connectivity index (χ0v) is 6.90. The van der Waals surface area contributed by atoms with Crippen LogP contribution in [0.3, 0.4) is 0 Å². The van der Waals surface area contributed by atoms with Gasteiger partial charge in [-0.3, -0.25) is 0 Å². The Bertz CT molecular complexity index is 80.8. The van der Waals surface area contributed by atoms with Crippen LogP contribution in [0, 0.1) is 0 Å². The van der Waals surface area contributed by atoms with Gasteiger partial charge in [-0.25, -0.2) is 0 Å². The Hall–Kier alpha value is 2.39. The van der Waals surface area contributed by atoms with Gasteiger partial charge in [-0.2, -0.15) is 0 Å². The molecule has 36 valence electrons. The molecule has 0 aromatic rings. The van der Waals surface area contributed by atoms with Crippen molar-refractivity contribution >= 4 is 14.7 Å². The molecule has 0 heterocycles. The van der Waals surface area contributed by atoms with Crippen LogP contribution in [0.4, 0.5) is 0 Å². The van der Waals surface area contributed by atoms with Gasteiger partial charge >= 0.3 is 26.9 Å². The summed E-state index contributed by atoms with van der Waals surface area (Å²) in [4.78, 5) is 0. The summed E-state index contributed by atoms with van der Waals surface area (Å²) in [6.07, 6.45) is 0. The molecule has 0 radical (unpaired) electrons. The van der Waals surface area contributed by atoms with Crippen LogP contribution in [0.2, 0.25) is 0 Å². The van der Waals surface area contributed by atoms with Crippen molar-refractivity contribution in [3.63, 3.8) is 0 Å². The number of hydrogen-bond donors (Lipinski definition) is 0. The van der Waals surface area contributed by atoms with E-state index in [0.717, 1.165) is 12.2 Å². The van der Waals surface area contributed by atoms with Crippen molar-refractivity contribution in [1.29, 1.82) is 0 Å². The second-order valence-corrected chi connectivity index (χ2v) is 2.35. The Morgan fingerprint density at radius 2 is 1.00 bits per heavy atom. The molecule has 0 spiro atoms. The van der Waals surface area contributed by atoms with E-state index in [1.807, 2.05) is 0 Å². The van der Waals surface area contributed by atoms with Gasteiger partial charge in [-0.05, 0) is 0 Å². The first kappa shape index (κ1) is 15.7. The zero-order chi connectivity index (χ0) is 2.71. The van der Waals surface area contributed by atoms with E-state index in [4.69, 9.17) is 0 Å². The third-order valence-corrected chi connectivity index (χ3v) is 0. The van der Waals surface area contributed by atoms with Gasteiger partial charge in [0, 0.05) is 34.1 Å².